The minimum atomic E-state index is -5.10. The Morgan fingerprint density at radius 1 is 1.11 bits per heavy atom. The van der Waals surface area contributed by atoms with E-state index in [1.54, 1.807) is 6.07 Å². The molecule has 9 nitrogen and oxygen atoms in total. The summed E-state index contributed by atoms with van der Waals surface area (Å²) in [5.74, 6) is 0. The highest BCUT2D eigenvalue weighted by molar-refractivity contribution is 6.32. The molecule has 0 aliphatic rings. The summed E-state index contributed by atoms with van der Waals surface area (Å²) in [6.07, 6.45) is -5.15. The van der Waals surface area contributed by atoms with Gasteiger partial charge in [-0.1, -0.05) is 11.6 Å². The predicted molar refractivity (Wildman–Crippen MR) is 89.1 cm³/mol. The highest BCUT2D eigenvalue weighted by Gasteiger charge is 2.39. The summed E-state index contributed by atoms with van der Waals surface area (Å²) in [6.45, 7) is 0. The van der Waals surface area contributed by atoms with Crippen molar-refractivity contribution in [3.8, 4) is 6.07 Å². The standard InChI is InChI=1S/C15H6ClF3N4O5/c16-11-5-10(2-1-8(11)6-20)21(7-24)14-12(22(25)26)3-9(15(17,18)19)4-13(14)23(27)28/h1-5,7H. The molecule has 0 atom stereocenters. The summed E-state index contributed by atoms with van der Waals surface area (Å²) in [5.41, 5.74) is -5.49. The Morgan fingerprint density at radius 3 is 2.00 bits per heavy atom. The third kappa shape index (κ3) is 3.84. The number of hydrogen-bond acceptors (Lipinski definition) is 6. The lowest BCUT2D eigenvalue weighted by molar-refractivity contribution is -0.392. The number of anilines is 2. The van der Waals surface area contributed by atoms with Crippen LogP contribution in [0.15, 0.2) is 30.3 Å². The number of carbonyl (C=O) groups is 1. The third-order valence-corrected chi connectivity index (χ3v) is 3.80. The van der Waals surface area contributed by atoms with Crippen molar-refractivity contribution in [3.63, 3.8) is 0 Å². The van der Waals surface area contributed by atoms with Crippen molar-refractivity contribution in [2.24, 2.45) is 0 Å². The number of halogens is 4. The summed E-state index contributed by atoms with van der Waals surface area (Å²) in [6, 6.07) is 5.15. The highest BCUT2D eigenvalue weighted by Crippen LogP contribution is 2.45. The fraction of sp³-hybridized carbons (Fsp3) is 0.0667. The maximum atomic E-state index is 13.0. The molecule has 0 unspecified atom stereocenters. The van der Waals surface area contributed by atoms with Crippen LogP contribution >= 0.6 is 11.6 Å². The third-order valence-electron chi connectivity index (χ3n) is 3.49. The second-order valence-corrected chi connectivity index (χ2v) is 5.53. The van der Waals surface area contributed by atoms with Crippen molar-refractivity contribution >= 4 is 40.8 Å². The Bertz CT molecular complexity index is 1000. The van der Waals surface area contributed by atoms with Crippen LogP contribution in [0.3, 0.4) is 0 Å². The van der Waals surface area contributed by atoms with Gasteiger partial charge in [0.05, 0.1) is 31.7 Å². The SMILES string of the molecule is N#Cc1ccc(N(C=O)c2c([N+](=O)[O-])cc(C(F)(F)F)cc2[N+](=O)[O-])cc1Cl. The summed E-state index contributed by atoms with van der Waals surface area (Å²) in [7, 11) is 0. The van der Waals surface area contributed by atoms with Crippen molar-refractivity contribution < 1.29 is 27.8 Å². The van der Waals surface area contributed by atoms with E-state index >= 15 is 0 Å². The number of carbonyl (C=O) groups excluding carboxylic acids is 1. The van der Waals surface area contributed by atoms with Gasteiger partial charge in [0.25, 0.3) is 0 Å². The number of benzene rings is 2. The molecule has 13 heteroatoms. The van der Waals surface area contributed by atoms with E-state index in [1.807, 2.05) is 0 Å². The van der Waals surface area contributed by atoms with Crippen LogP contribution < -0.4 is 4.90 Å². The maximum absolute atomic E-state index is 13.0. The van der Waals surface area contributed by atoms with E-state index in [0.29, 0.717) is 4.90 Å². The largest absolute Gasteiger partial charge is 0.416 e. The van der Waals surface area contributed by atoms with Gasteiger partial charge in [-0.3, -0.25) is 29.9 Å². The van der Waals surface area contributed by atoms with Gasteiger partial charge < -0.3 is 0 Å². The molecular formula is C15H6ClF3N4O5. The van der Waals surface area contributed by atoms with Crippen LogP contribution in [-0.4, -0.2) is 16.3 Å². The molecule has 0 aromatic heterocycles. The zero-order valence-corrected chi connectivity index (χ0v) is 14.1. The van der Waals surface area contributed by atoms with Gasteiger partial charge in [-0.25, -0.2) is 0 Å². The molecule has 2 aromatic rings. The molecule has 0 bridgehead atoms. The normalized spacial score (nSPS) is 10.8. The van der Waals surface area contributed by atoms with E-state index in [1.165, 1.54) is 0 Å². The Balaban J connectivity index is 2.85. The van der Waals surface area contributed by atoms with Gasteiger partial charge in [0.1, 0.15) is 6.07 Å². The molecule has 0 heterocycles. The first-order valence-corrected chi connectivity index (χ1v) is 7.37. The van der Waals surface area contributed by atoms with Crippen LogP contribution in [0.25, 0.3) is 0 Å². The maximum Gasteiger partial charge on any atom is 0.416 e. The Hall–Kier alpha value is -3.72. The zero-order valence-electron chi connectivity index (χ0n) is 13.3. The van der Waals surface area contributed by atoms with Gasteiger partial charge in [0.15, 0.2) is 0 Å². The summed E-state index contributed by atoms with van der Waals surface area (Å²) < 4.78 is 38.9. The van der Waals surface area contributed by atoms with E-state index in [9.17, 15) is 38.2 Å². The van der Waals surface area contributed by atoms with Crippen molar-refractivity contribution in [2.75, 3.05) is 4.90 Å². The number of nitriles is 1. The van der Waals surface area contributed by atoms with Gasteiger partial charge in [0.2, 0.25) is 12.1 Å². The molecule has 0 aliphatic heterocycles. The first-order valence-electron chi connectivity index (χ1n) is 6.99. The smallest absolute Gasteiger partial charge is 0.278 e. The van der Waals surface area contributed by atoms with E-state index in [-0.39, 0.29) is 34.8 Å². The molecule has 0 radical (unpaired) electrons. The number of amides is 1. The minimum absolute atomic E-state index is 0.0207. The van der Waals surface area contributed by atoms with Crippen LogP contribution in [0.4, 0.5) is 35.9 Å². The van der Waals surface area contributed by atoms with E-state index in [0.717, 1.165) is 18.2 Å². The van der Waals surface area contributed by atoms with Crippen LogP contribution in [0.1, 0.15) is 11.1 Å². The number of nitro groups is 2. The monoisotopic (exact) mass is 414 g/mol. The number of nitrogens with zero attached hydrogens (tertiary/aromatic N) is 4. The molecule has 1 amide bonds. The predicted octanol–water partition coefficient (Wildman–Crippen LogP) is 4.34. The highest BCUT2D eigenvalue weighted by atomic mass is 35.5. The summed E-state index contributed by atoms with van der Waals surface area (Å²) >= 11 is 5.83. The van der Waals surface area contributed by atoms with Crippen LogP contribution in [0.2, 0.25) is 5.02 Å². The second kappa shape index (κ2) is 7.49. The minimum Gasteiger partial charge on any atom is -0.278 e. The number of rotatable bonds is 5. The lowest BCUT2D eigenvalue weighted by Crippen LogP contribution is -2.18. The Kier molecular flexibility index (Phi) is 5.51. The quantitative estimate of drug-likeness (QED) is 0.406. The Labute approximate surface area is 158 Å². The van der Waals surface area contributed by atoms with Crippen LogP contribution in [0, 0.1) is 31.6 Å². The molecule has 28 heavy (non-hydrogen) atoms. The second-order valence-electron chi connectivity index (χ2n) is 5.13. The molecule has 0 fully saturated rings. The average molecular weight is 415 g/mol. The molecule has 2 rings (SSSR count). The van der Waals surface area contributed by atoms with E-state index < -0.39 is 38.6 Å². The van der Waals surface area contributed by atoms with Crippen molar-refractivity contribution in [3.05, 3.63) is 66.7 Å². The molecule has 0 spiro atoms. The van der Waals surface area contributed by atoms with E-state index in [2.05, 4.69) is 0 Å². The van der Waals surface area contributed by atoms with Crippen molar-refractivity contribution in [1.82, 2.24) is 0 Å². The number of nitro benzene ring substituents is 2. The van der Waals surface area contributed by atoms with Gasteiger partial charge in [-0.15, -0.1) is 0 Å². The fourth-order valence-corrected chi connectivity index (χ4v) is 2.50. The topological polar surface area (TPSA) is 130 Å². The summed E-state index contributed by atoms with van der Waals surface area (Å²) in [4.78, 5) is 32.0. The lowest BCUT2D eigenvalue weighted by Gasteiger charge is -2.19. The van der Waals surface area contributed by atoms with Gasteiger partial charge in [-0.05, 0) is 18.2 Å². The van der Waals surface area contributed by atoms with E-state index in [4.69, 9.17) is 16.9 Å². The first-order chi connectivity index (χ1) is 13.0. The molecule has 0 N–H and O–H groups in total. The summed E-state index contributed by atoms with van der Waals surface area (Å²) in [5, 5.41) is 31.3. The van der Waals surface area contributed by atoms with Gasteiger partial charge in [0, 0.05) is 12.1 Å². The molecular weight excluding hydrogens is 409 g/mol. The van der Waals surface area contributed by atoms with Gasteiger partial charge in [-0.2, -0.15) is 18.4 Å². The zero-order chi connectivity index (χ0) is 21.2. The number of alkyl halides is 3. The average Bonchev–Trinajstić information content (AvgIpc) is 2.61. The Morgan fingerprint density at radius 2 is 1.64 bits per heavy atom. The fourth-order valence-electron chi connectivity index (χ4n) is 2.28. The molecule has 0 saturated carbocycles. The van der Waals surface area contributed by atoms with Gasteiger partial charge >= 0.3 is 17.6 Å². The molecule has 0 aliphatic carbocycles. The lowest BCUT2D eigenvalue weighted by atomic mass is 10.1. The van der Waals surface area contributed by atoms with Crippen LogP contribution in [-0.2, 0) is 11.0 Å². The first kappa shape index (κ1) is 20.6. The molecule has 2 aromatic carbocycles. The van der Waals surface area contributed by atoms with Crippen LogP contribution in [0.5, 0.6) is 0 Å². The molecule has 144 valence electrons. The van der Waals surface area contributed by atoms with Crippen molar-refractivity contribution in [1.29, 1.82) is 5.26 Å². The molecule has 0 saturated heterocycles. The van der Waals surface area contributed by atoms with Crippen molar-refractivity contribution in [2.45, 2.75) is 6.18 Å². The number of hydrogen-bond donors (Lipinski definition) is 0.